The molecule has 0 aromatic carbocycles. The van der Waals surface area contributed by atoms with Crippen molar-refractivity contribution in [2.45, 2.75) is 26.4 Å². The molecular formula is C12H20N2O2. The Morgan fingerprint density at radius 2 is 2.19 bits per heavy atom. The summed E-state index contributed by atoms with van der Waals surface area (Å²) in [5, 5.41) is 12.3. The van der Waals surface area contributed by atoms with Crippen LogP contribution in [0.25, 0.3) is 0 Å². The fourth-order valence-electron chi connectivity index (χ4n) is 1.42. The van der Waals surface area contributed by atoms with Gasteiger partial charge in [-0.2, -0.15) is 0 Å². The molecule has 16 heavy (non-hydrogen) atoms. The van der Waals surface area contributed by atoms with Crippen LogP contribution in [0.3, 0.4) is 0 Å². The SMILES string of the molecule is CC(CO)C(C)NCCn1ccccc1=O. The van der Waals surface area contributed by atoms with E-state index in [-0.39, 0.29) is 24.1 Å². The average molecular weight is 224 g/mol. The summed E-state index contributed by atoms with van der Waals surface area (Å²) in [6.45, 7) is 5.60. The van der Waals surface area contributed by atoms with Crippen molar-refractivity contribution in [1.82, 2.24) is 9.88 Å². The molecule has 1 aromatic heterocycles. The van der Waals surface area contributed by atoms with Crippen molar-refractivity contribution in [1.29, 1.82) is 0 Å². The molecule has 0 fully saturated rings. The van der Waals surface area contributed by atoms with Gasteiger partial charge in [0.05, 0.1) is 0 Å². The quantitative estimate of drug-likeness (QED) is 0.738. The number of aliphatic hydroxyl groups is 1. The van der Waals surface area contributed by atoms with Gasteiger partial charge in [0.1, 0.15) is 0 Å². The van der Waals surface area contributed by atoms with Crippen LogP contribution in [-0.4, -0.2) is 28.9 Å². The molecule has 0 spiro atoms. The summed E-state index contributed by atoms with van der Waals surface area (Å²) in [4.78, 5) is 11.4. The Balaban J connectivity index is 2.36. The molecule has 2 atom stereocenters. The highest BCUT2D eigenvalue weighted by atomic mass is 16.3. The van der Waals surface area contributed by atoms with Crippen LogP contribution in [0.4, 0.5) is 0 Å². The van der Waals surface area contributed by atoms with E-state index in [1.54, 1.807) is 22.9 Å². The summed E-state index contributed by atoms with van der Waals surface area (Å²) >= 11 is 0. The number of rotatable bonds is 6. The van der Waals surface area contributed by atoms with Crippen LogP contribution < -0.4 is 10.9 Å². The monoisotopic (exact) mass is 224 g/mol. The molecule has 4 nitrogen and oxygen atoms in total. The van der Waals surface area contributed by atoms with E-state index in [0.717, 1.165) is 6.54 Å². The third-order valence-electron chi connectivity index (χ3n) is 2.86. The van der Waals surface area contributed by atoms with E-state index in [2.05, 4.69) is 5.32 Å². The second kappa shape index (κ2) is 6.45. The van der Waals surface area contributed by atoms with Gasteiger partial charge in [-0.3, -0.25) is 4.79 Å². The smallest absolute Gasteiger partial charge is 0.250 e. The molecule has 2 N–H and O–H groups in total. The summed E-state index contributed by atoms with van der Waals surface area (Å²) in [5.74, 6) is 0.229. The summed E-state index contributed by atoms with van der Waals surface area (Å²) < 4.78 is 1.67. The van der Waals surface area contributed by atoms with Gasteiger partial charge >= 0.3 is 0 Å². The number of aliphatic hydroxyl groups excluding tert-OH is 1. The molecule has 0 radical (unpaired) electrons. The Morgan fingerprint density at radius 1 is 1.44 bits per heavy atom. The van der Waals surface area contributed by atoms with E-state index in [4.69, 9.17) is 5.11 Å². The lowest BCUT2D eigenvalue weighted by atomic mass is 10.1. The Kier molecular flexibility index (Phi) is 5.22. The van der Waals surface area contributed by atoms with Crippen LogP contribution in [0.5, 0.6) is 0 Å². The van der Waals surface area contributed by atoms with Gasteiger partial charge in [-0.1, -0.05) is 13.0 Å². The molecule has 0 aliphatic rings. The Bertz CT molecular complexity index is 362. The first-order chi connectivity index (χ1) is 7.65. The first-order valence-corrected chi connectivity index (χ1v) is 5.65. The number of nitrogens with zero attached hydrogens (tertiary/aromatic N) is 1. The van der Waals surface area contributed by atoms with Crippen LogP contribution in [-0.2, 0) is 6.54 Å². The van der Waals surface area contributed by atoms with Crippen LogP contribution in [0, 0.1) is 5.92 Å². The molecule has 0 aliphatic heterocycles. The van der Waals surface area contributed by atoms with Crippen LogP contribution >= 0.6 is 0 Å². The number of aromatic nitrogens is 1. The summed E-state index contributed by atoms with van der Waals surface area (Å²) in [6, 6.07) is 5.40. The van der Waals surface area contributed by atoms with Gasteiger partial charge in [-0.15, -0.1) is 0 Å². The van der Waals surface area contributed by atoms with Crippen molar-refractivity contribution in [2.24, 2.45) is 5.92 Å². The van der Waals surface area contributed by atoms with E-state index in [1.807, 2.05) is 19.9 Å². The van der Waals surface area contributed by atoms with Gasteiger partial charge in [0.25, 0.3) is 5.56 Å². The molecule has 1 aromatic rings. The van der Waals surface area contributed by atoms with Crippen molar-refractivity contribution in [3.8, 4) is 0 Å². The lowest BCUT2D eigenvalue weighted by Crippen LogP contribution is -2.37. The van der Waals surface area contributed by atoms with E-state index >= 15 is 0 Å². The van der Waals surface area contributed by atoms with Crippen LogP contribution in [0.1, 0.15) is 13.8 Å². The summed E-state index contributed by atoms with van der Waals surface area (Å²) in [7, 11) is 0. The fraction of sp³-hybridized carbons (Fsp3) is 0.583. The van der Waals surface area contributed by atoms with Gasteiger partial charge < -0.3 is 15.0 Å². The van der Waals surface area contributed by atoms with E-state index < -0.39 is 0 Å². The second-order valence-corrected chi connectivity index (χ2v) is 4.13. The highest BCUT2D eigenvalue weighted by molar-refractivity contribution is 4.93. The maximum atomic E-state index is 11.4. The number of pyridine rings is 1. The first-order valence-electron chi connectivity index (χ1n) is 5.65. The lowest BCUT2D eigenvalue weighted by Gasteiger charge is -2.19. The molecule has 0 bridgehead atoms. The Morgan fingerprint density at radius 3 is 2.81 bits per heavy atom. The predicted molar refractivity (Wildman–Crippen MR) is 64.4 cm³/mol. The minimum absolute atomic E-state index is 0.0205. The maximum Gasteiger partial charge on any atom is 0.250 e. The zero-order chi connectivity index (χ0) is 12.0. The first kappa shape index (κ1) is 12.9. The molecule has 2 unspecified atom stereocenters. The summed E-state index contributed by atoms with van der Waals surface area (Å²) in [5.41, 5.74) is 0.0205. The zero-order valence-corrected chi connectivity index (χ0v) is 9.89. The molecule has 0 aliphatic carbocycles. The topological polar surface area (TPSA) is 54.3 Å². The van der Waals surface area contributed by atoms with Gasteiger partial charge in [0.15, 0.2) is 0 Å². The molecule has 0 saturated heterocycles. The van der Waals surface area contributed by atoms with Crippen molar-refractivity contribution in [3.63, 3.8) is 0 Å². The Labute approximate surface area is 95.9 Å². The standard InChI is InChI=1S/C12H20N2O2/c1-10(9-15)11(2)13-6-8-14-7-4-3-5-12(14)16/h3-5,7,10-11,13,15H,6,8-9H2,1-2H3. The molecule has 0 saturated carbocycles. The van der Waals surface area contributed by atoms with Crippen molar-refractivity contribution < 1.29 is 5.11 Å². The molecule has 0 amide bonds. The maximum absolute atomic E-state index is 11.4. The summed E-state index contributed by atoms with van der Waals surface area (Å²) in [6.07, 6.45) is 1.78. The van der Waals surface area contributed by atoms with Gasteiger partial charge in [0.2, 0.25) is 0 Å². The molecule has 90 valence electrons. The van der Waals surface area contributed by atoms with Crippen molar-refractivity contribution in [2.75, 3.05) is 13.2 Å². The molecule has 4 heteroatoms. The van der Waals surface area contributed by atoms with Crippen molar-refractivity contribution >= 4 is 0 Å². The van der Waals surface area contributed by atoms with Gasteiger partial charge in [0, 0.05) is 38.0 Å². The van der Waals surface area contributed by atoms with Crippen molar-refractivity contribution in [3.05, 3.63) is 34.7 Å². The normalized spacial score (nSPS) is 14.7. The number of hydrogen-bond acceptors (Lipinski definition) is 3. The third-order valence-corrected chi connectivity index (χ3v) is 2.86. The zero-order valence-electron chi connectivity index (χ0n) is 9.89. The highest BCUT2D eigenvalue weighted by Crippen LogP contribution is 1.99. The number of nitrogens with one attached hydrogen (secondary N) is 1. The Hall–Kier alpha value is -1.13. The second-order valence-electron chi connectivity index (χ2n) is 4.13. The molecule has 1 heterocycles. The fourth-order valence-corrected chi connectivity index (χ4v) is 1.42. The highest BCUT2D eigenvalue weighted by Gasteiger charge is 2.09. The molecular weight excluding hydrogens is 204 g/mol. The lowest BCUT2D eigenvalue weighted by molar-refractivity contribution is 0.207. The average Bonchev–Trinajstić information content (AvgIpc) is 2.30. The van der Waals surface area contributed by atoms with Crippen LogP contribution in [0.2, 0.25) is 0 Å². The van der Waals surface area contributed by atoms with E-state index in [1.165, 1.54) is 0 Å². The molecule has 1 rings (SSSR count). The van der Waals surface area contributed by atoms with Gasteiger partial charge in [-0.25, -0.2) is 0 Å². The van der Waals surface area contributed by atoms with E-state index in [0.29, 0.717) is 6.54 Å². The predicted octanol–water partition coefficient (Wildman–Crippen LogP) is 0.455. The third kappa shape index (κ3) is 3.79. The largest absolute Gasteiger partial charge is 0.396 e. The number of hydrogen-bond donors (Lipinski definition) is 2. The van der Waals surface area contributed by atoms with Gasteiger partial charge in [-0.05, 0) is 18.9 Å². The van der Waals surface area contributed by atoms with Crippen LogP contribution in [0.15, 0.2) is 29.2 Å². The van der Waals surface area contributed by atoms with E-state index in [9.17, 15) is 4.79 Å². The minimum atomic E-state index is 0.0205. The minimum Gasteiger partial charge on any atom is -0.396 e.